The van der Waals surface area contributed by atoms with Crippen LogP contribution < -0.4 is 14.2 Å². The van der Waals surface area contributed by atoms with Gasteiger partial charge in [-0.2, -0.15) is 0 Å². The van der Waals surface area contributed by atoms with Gasteiger partial charge in [0.05, 0.1) is 168 Å². The minimum atomic E-state index is -0.0870. The Morgan fingerprint density at radius 3 is 1.27 bits per heavy atom. The van der Waals surface area contributed by atoms with Crippen LogP contribution >= 0.6 is 0 Å². The Bertz CT molecular complexity index is 3090. The molecule has 24 unspecified atom stereocenters. The van der Waals surface area contributed by atoms with Crippen molar-refractivity contribution >= 4 is 5.97 Å². The van der Waals surface area contributed by atoms with Gasteiger partial charge < -0.3 is 85.3 Å². The molecule has 5 saturated carbocycles. The van der Waals surface area contributed by atoms with Crippen LogP contribution in [-0.4, -0.2) is 206 Å². The molecule has 3 aromatic carbocycles. The Morgan fingerprint density at radius 1 is 0.413 bits per heavy atom. The number of carbonyl (C=O) groups is 1. The summed E-state index contributed by atoms with van der Waals surface area (Å²) in [5.41, 5.74) is 2.87. The van der Waals surface area contributed by atoms with Crippen molar-refractivity contribution in [3.05, 3.63) is 90.0 Å². The van der Waals surface area contributed by atoms with Crippen LogP contribution in [0.15, 0.2) is 78.9 Å². The Labute approximate surface area is 650 Å². The minimum Gasteiger partial charge on any atom is -0.491 e. The van der Waals surface area contributed by atoms with Crippen molar-refractivity contribution < 1.29 is 90.1 Å². The highest BCUT2D eigenvalue weighted by Gasteiger charge is 2.61. The van der Waals surface area contributed by atoms with E-state index in [4.69, 9.17) is 85.3 Å². The molecule has 0 spiro atoms. The van der Waals surface area contributed by atoms with Crippen molar-refractivity contribution in [1.82, 2.24) is 0 Å². The molecule has 19 nitrogen and oxygen atoms in total. The van der Waals surface area contributed by atoms with Crippen molar-refractivity contribution in [3.63, 3.8) is 0 Å². The summed E-state index contributed by atoms with van der Waals surface area (Å²) in [5.74, 6) is 4.89. The first-order valence-electron chi connectivity index (χ1n) is 43.4. The highest BCUT2D eigenvalue weighted by molar-refractivity contribution is 5.72. The Kier molecular flexibility index (Phi) is 28.1. The van der Waals surface area contributed by atoms with E-state index < -0.39 is 0 Å². The SMILES string of the molecule is C(CCC1CO1)CC1CO1.C1CC2OC2CC1C1CO1.C1CC2OC2CCC2OC12.CC(C)(c1ccc(OCC2CO2)cc1)c1ccc(OCC2CO2)cc1.CC1(C2CCC3OC3(C)C2)CO1.CCCCCCCCCCC1CO1.O=C(OCC1CCC2OC2C1)C1CCC2OC2C1.c1ccc(OCC2CO2)cc1. The summed E-state index contributed by atoms with van der Waals surface area (Å²) in [6, 6.07) is 26.5. The molecule has 0 aromatic heterocycles. The number of rotatable bonds is 30. The van der Waals surface area contributed by atoms with Crippen LogP contribution in [0.25, 0.3) is 0 Å². The van der Waals surface area contributed by atoms with Crippen LogP contribution in [-0.2, 0) is 81.3 Å². The van der Waals surface area contributed by atoms with Crippen molar-refractivity contribution in [2.75, 3.05) is 79.3 Å². The van der Waals surface area contributed by atoms with E-state index in [1.807, 2.05) is 54.6 Å². The zero-order valence-corrected chi connectivity index (χ0v) is 66.5. The number of hydrogen-bond acceptors (Lipinski definition) is 19. The number of fused-ring (bicyclic) bond motifs is 6. The van der Waals surface area contributed by atoms with E-state index in [-0.39, 0.29) is 40.7 Å². The lowest BCUT2D eigenvalue weighted by atomic mass is 9.76. The number of hydrogen-bond donors (Lipinski definition) is 0. The van der Waals surface area contributed by atoms with Gasteiger partial charge in [0.2, 0.25) is 0 Å². The van der Waals surface area contributed by atoms with Crippen molar-refractivity contribution in [2.24, 2.45) is 23.7 Å². The molecule has 0 amide bonds. The molecular formula is C90H132O19. The number of epoxide rings is 14. The number of benzene rings is 3. The van der Waals surface area contributed by atoms with Crippen LogP contribution in [0, 0.1) is 23.7 Å². The van der Waals surface area contributed by atoms with Gasteiger partial charge >= 0.3 is 5.97 Å². The molecule has 3 aromatic rings. The van der Waals surface area contributed by atoms with Gasteiger partial charge in [-0.1, -0.05) is 127 Å². The summed E-state index contributed by atoms with van der Waals surface area (Å²) in [6.07, 6.45) is 46.3. The van der Waals surface area contributed by atoms with Gasteiger partial charge in [-0.15, -0.1) is 0 Å². The average Bonchev–Trinajstić information content (AvgIpc) is 1.59. The molecule has 24 atom stereocenters. The molecule has 0 N–H and O–H groups in total. The average molecular weight is 1520 g/mol. The number of esters is 1. The molecule has 14 saturated heterocycles. The molecule has 19 aliphatic rings. The molecule has 14 aliphatic heterocycles. The minimum absolute atomic E-state index is 0.00258. The summed E-state index contributed by atoms with van der Waals surface area (Å²) in [6.45, 7) is 21.3. The van der Waals surface area contributed by atoms with E-state index in [1.54, 1.807) is 0 Å². The van der Waals surface area contributed by atoms with E-state index in [0.29, 0.717) is 130 Å². The number of carbonyl (C=O) groups excluding carboxylic acids is 1. The second-order valence-electron chi connectivity index (χ2n) is 35.7. The van der Waals surface area contributed by atoms with Crippen LogP contribution in [0.1, 0.15) is 232 Å². The van der Waals surface area contributed by atoms with Gasteiger partial charge in [0.1, 0.15) is 55.4 Å². The fraction of sp³-hybridized carbons (Fsp3) is 0.789. The van der Waals surface area contributed by atoms with Gasteiger partial charge in [0, 0.05) is 5.41 Å². The zero-order valence-electron chi connectivity index (χ0n) is 66.5. The molecule has 0 radical (unpaired) electrons. The fourth-order valence-electron chi connectivity index (χ4n) is 17.0. The third-order valence-corrected chi connectivity index (χ3v) is 25.9. The summed E-state index contributed by atoms with van der Waals surface area (Å²) in [4.78, 5) is 12.0. The Morgan fingerprint density at radius 2 is 0.826 bits per heavy atom. The second kappa shape index (κ2) is 38.2. The molecule has 0 bridgehead atoms. The monoisotopic (exact) mass is 1520 g/mol. The summed E-state index contributed by atoms with van der Waals surface area (Å²) >= 11 is 0. The summed E-state index contributed by atoms with van der Waals surface area (Å²) < 4.78 is 96.7. The summed E-state index contributed by atoms with van der Waals surface area (Å²) in [5, 5.41) is 0. The normalized spacial score (nSPS) is 38.4. The van der Waals surface area contributed by atoms with Crippen molar-refractivity contribution in [1.29, 1.82) is 0 Å². The highest BCUT2D eigenvalue weighted by Crippen LogP contribution is 2.55. The smallest absolute Gasteiger partial charge is 0.309 e. The molecular weight excluding hydrogens is 1380 g/mol. The maximum absolute atomic E-state index is 12.0. The van der Waals surface area contributed by atoms with Gasteiger partial charge in [-0.05, 0) is 201 Å². The number of para-hydroxylation sites is 1. The standard InChI is InChI=1S/C21H24O4.C14H20O4.C12H24O.C10H16O2.C9H10O2.2C8H12O2.C8H14O2/c1-21(2,15-3-7-17(8-4-15)22-11-19-13-24-19)16-5-9-18(10-6-16)23-12-20-14-25-20;15-14(9-2-4-11-13(6-9)18-11)16-7-8-1-3-10-12(5-8)17-10;1-2-3-4-5-6-7-8-9-10-12-11-13-12;1-9-5-7(10(2)6-11-10)3-4-8(9)12-9;1-2-4-8(5-3-1)10-6-9-7-11-9;1-2-6-7(10-6)3-5(1)8-4-9-8;1-2-6-8(10-6)4-3-7-5(1)9-7;1(3-7-5-9-7)2-4-8-6-10-8/h3-10,19-20H,11-14H2,1-2H3;8-13H,1-7H2;12H,2-11H2,1H3;7-8H,3-6H2,1-2H3;1-5,9H,6-7H2;2*5-8H,1-4H2;7-8H,1-6H2. The summed E-state index contributed by atoms with van der Waals surface area (Å²) in [7, 11) is 0. The zero-order chi connectivity index (χ0) is 74.6. The fourth-order valence-corrected chi connectivity index (χ4v) is 17.0. The third kappa shape index (κ3) is 27.3. The predicted octanol–water partition coefficient (Wildman–Crippen LogP) is 15.7. The number of ether oxygens (including phenoxy) is 18. The first-order valence-corrected chi connectivity index (χ1v) is 43.4. The van der Waals surface area contributed by atoms with E-state index in [9.17, 15) is 4.79 Å². The van der Waals surface area contributed by atoms with Crippen molar-refractivity contribution in [3.8, 4) is 17.2 Å². The molecule has 606 valence electrons. The van der Waals surface area contributed by atoms with Crippen LogP contribution in [0.4, 0.5) is 0 Å². The van der Waals surface area contributed by atoms with Crippen LogP contribution in [0.5, 0.6) is 17.2 Å². The Balaban J connectivity index is 0.000000101. The topological polar surface area (TPSA) is 229 Å². The van der Waals surface area contributed by atoms with Gasteiger partial charge in [0.15, 0.2) is 0 Å². The predicted molar refractivity (Wildman–Crippen MR) is 412 cm³/mol. The molecule has 14 heterocycles. The molecule has 19 fully saturated rings. The highest BCUT2D eigenvalue weighted by atomic mass is 16.6. The lowest BCUT2D eigenvalue weighted by Gasteiger charge is -2.26. The first kappa shape index (κ1) is 80.2. The maximum atomic E-state index is 12.0. The van der Waals surface area contributed by atoms with Gasteiger partial charge in [-0.25, -0.2) is 0 Å². The molecule has 109 heavy (non-hydrogen) atoms. The van der Waals surface area contributed by atoms with Crippen LogP contribution in [0.3, 0.4) is 0 Å². The third-order valence-electron chi connectivity index (χ3n) is 25.9. The van der Waals surface area contributed by atoms with Gasteiger partial charge in [0.25, 0.3) is 0 Å². The number of unbranched alkanes of at least 4 members (excludes halogenated alkanes) is 8. The van der Waals surface area contributed by atoms with E-state index in [2.05, 4.69) is 58.9 Å². The molecule has 22 rings (SSSR count). The lowest BCUT2D eigenvalue weighted by molar-refractivity contribution is -0.151. The molecule has 5 aliphatic carbocycles. The largest absolute Gasteiger partial charge is 0.491 e. The molecule has 19 heteroatoms. The van der Waals surface area contributed by atoms with Gasteiger partial charge in [-0.3, -0.25) is 4.79 Å². The first-order chi connectivity index (χ1) is 53.2. The lowest BCUT2D eigenvalue weighted by Crippen LogP contribution is -2.31. The maximum Gasteiger partial charge on any atom is 0.309 e. The quantitative estimate of drug-likeness (QED) is 0.0343. The van der Waals surface area contributed by atoms with E-state index in [0.717, 1.165) is 120 Å². The van der Waals surface area contributed by atoms with E-state index >= 15 is 0 Å². The Hall–Kier alpha value is -4.03. The van der Waals surface area contributed by atoms with Crippen molar-refractivity contribution in [2.45, 2.75) is 347 Å². The van der Waals surface area contributed by atoms with E-state index in [1.165, 1.54) is 159 Å². The van der Waals surface area contributed by atoms with Crippen LogP contribution in [0.2, 0.25) is 0 Å². The second-order valence-corrected chi connectivity index (χ2v) is 35.7.